The molecule has 0 radical (unpaired) electrons. The summed E-state index contributed by atoms with van der Waals surface area (Å²) in [5, 5.41) is 6.03. The number of aryl methyl sites for hydroxylation is 2. The summed E-state index contributed by atoms with van der Waals surface area (Å²) in [4.78, 5) is 15.3. The molecule has 0 spiro atoms. The SMILES string of the molecule is CC1=NN(c2ccccc2C)C(=O)C1=CC=C1N(C)c2ccc(C)cc2C1(C)C. The second-order valence-electron chi connectivity index (χ2n) is 8.43. The highest BCUT2D eigenvalue weighted by Crippen LogP contribution is 2.47. The van der Waals surface area contributed by atoms with Gasteiger partial charge in [0.1, 0.15) is 0 Å². The van der Waals surface area contributed by atoms with Crippen LogP contribution in [-0.4, -0.2) is 18.7 Å². The first-order chi connectivity index (χ1) is 13.7. The lowest BCUT2D eigenvalue weighted by Gasteiger charge is -2.23. The number of fused-ring (bicyclic) bond motifs is 1. The van der Waals surface area contributed by atoms with E-state index in [-0.39, 0.29) is 11.3 Å². The topological polar surface area (TPSA) is 35.9 Å². The third kappa shape index (κ3) is 3.00. The minimum absolute atomic E-state index is 0.0829. The number of para-hydroxylation sites is 1. The van der Waals surface area contributed by atoms with Crippen molar-refractivity contribution in [2.45, 2.75) is 40.0 Å². The van der Waals surface area contributed by atoms with Crippen molar-refractivity contribution in [1.82, 2.24) is 0 Å². The molecule has 0 aromatic heterocycles. The van der Waals surface area contributed by atoms with Crippen molar-refractivity contribution in [3.05, 3.63) is 82.6 Å². The summed E-state index contributed by atoms with van der Waals surface area (Å²) in [6, 6.07) is 14.4. The second kappa shape index (κ2) is 6.73. The molecular weight excluding hydrogens is 358 g/mol. The van der Waals surface area contributed by atoms with E-state index >= 15 is 0 Å². The van der Waals surface area contributed by atoms with Crippen LogP contribution in [0, 0.1) is 13.8 Å². The van der Waals surface area contributed by atoms with E-state index in [4.69, 9.17) is 0 Å². The maximum Gasteiger partial charge on any atom is 0.280 e. The van der Waals surface area contributed by atoms with Gasteiger partial charge in [-0.05, 0) is 56.2 Å². The van der Waals surface area contributed by atoms with Gasteiger partial charge in [0.25, 0.3) is 5.91 Å². The van der Waals surface area contributed by atoms with E-state index in [0.29, 0.717) is 5.57 Å². The van der Waals surface area contributed by atoms with E-state index in [0.717, 1.165) is 17.0 Å². The fourth-order valence-electron chi connectivity index (χ4n) is 4.29. The molecule has 29 heavy (non-hydrogen) atoms. The zero-order valence-electron chi connectivity index (χ0n) is 17.9. The number of carbonyl (C=O) groups is 1. The summed E-state index contributed by atoms with van der Waals surface area (Å²) in [6.45, 7) is 10.5. The normalized spacial score (nSPS) is 20.6. The van der Waals surface area contributed by atoms with Crippen LogP contribution in [0.15, 0.2) is 71.0 Å². The highest BCUT2D eigenvalue weighted by molar-refractivity contribution is 6.30. The summed E-state index contributed by atoms with van der Waals surface area (Å²) in [6.07, 6.45) is 3.99. The molecule has 0 bridgehead atoms. The number of benzene rings is 2. The Morgan fingerprint density at radius 2 is 1.69 bits per heavy atom. The first-order valence-corrected chi connectivity index (χ1v) is 9.95. The molecular formula is C25H27N3O. The number of allylic oxidation sites excluding steroid dienone is 3. The Balaban J connectivity index is 1.71. The number of amides is 1. The van der Waals surface area contributed by atoms with Crippen molar-refractivity contribution < 1.29 is 4.79 Å². The third-order valence-corrected chi connectivity index (χ3v) is 6.00. The van der Waals surface area contributed by atoms with Gasteiger partial charge in [-0.15, -0.1) is 0 Å². The van der Waals surface area contributed by atoms with Gasteiger partial charge in [-0.25, -0.2) is 0 Å². The molecule has 0 fully saturated rings. The van der Waals surface area contributed by atoms with Gasteiger partial charge in [0.15, 0.2) is 0 Å². The molecule has 2 aromatic carbocycles. The van der Waals surface area contributed by atoms with Crippen LogP contribution >= 0.6 is 0 Å². The Hall–Kier alpha value is -3.14. The van der Waals surface area contributed by atoms with Crippen LogP contribution in [0.4, 0.5) is 11.4 Å². The van der Waals surface area contributed by atoms with E-state index < -0.39 is 0 Å². The predicted octanol–water partition coefficient (Wildman–Crippen LogP) is 5.26. The summed E-state index contributed by atoms with van der Waals surface area (Å²) >= 11 is 0. The maximum absolute atomic E-state index is 13.1. The van der Waals surface area contributed by atoms with Crippen LogP contribution in [0.1, 0.15) is 37.5 Å². The molecule has 148 valence electrons. The number of hydrogen-bond acceptors (Lipinski definition) is 3. The van der Waals surface area contributed by atoms with Gasteiger partial charge in [-0.3, -0.25) is 4.79 Å². The van der Waals surface area contributed by atoms with E-state index in [2.05, 4.69) is 62.1 Å². The fraction of sp³-hybridized carbons (Fsp3) is 0.280. The number of hydrazone groups is 1. The molecule has 0 aliphatic carbocycles. The van der Waals surface area contributed by atoms with Crippen LogP contribution < -0.4 is 9.91 Å². The molecule has 0 saturated heterocycles. The Morgan fingerprint density at radius 3 is 2.41 bits per heavy atom. The highest BCUT2D eigenvalue weighted by atomic mass is 16.2. The minimum atomic E-state index is -0.129. The van der Waals surface area contributed by atoms with Gasteiger partial charge < -0.3 is 4.90 Å². The number of likely N-dealkylation sites (N-methyl/N-ethyl adjacent to an activating group) is 1. The number of hydrogen-bond donors (Lipinski definition) is 0. The molecule has 2 aliphatic rings. The summed E-state index contributed by atoms with van der Waals surface area (Å²) in [5.74, 6) is -0.0829. The molecule has 1 amide bonds. The van der Waals surface area contributed by atoms with E-state index in [1.165, 1.54) is 27.5 Å². The number of rotatable bonds is 2. The van der Waals surface area contributed by atoms with E-state index in [9.17, 15) is 4.79 Å². The first kappa shape index (κ1) is 19.2. The smallest absolute Gasteiger partial charge is 0.280 e. The van der Waals surface area contributed by atoms with Crippen LogP contribution in [0.25, 0.3) is 0 Å². The van der Waals surface area contributed by atoms with E-state index in [1.807, 2.05) is 44.2 Å². The van der Waals surface area contributed by atoms with Crippen molar-refractivity contribution >= 4 is 23.0 Å². The van der Waals surface area contributed by atoms with Crippen molar-refractivity contribution in [3.63, 3.8) is 0 Å². The fourth-order valence-corrected chi connectivity index (χ4v) is 4.29. The average Bonchev–Trinajstić information content (AvgIpc) is 3.05. The Labute approximate surface area is 172 Å². The molecule has 4 nitrogen and oxygen atoms in total. The van der Waals surface area contributed by atoms with E-state index in [1.54, 1.807) is 0 Å². The van der Waals surface area contributed by atoms with Crippen LogP contribution in [0.5, 0.6) is 0 Å². The molecule has 2 heterocycles. The van der Waals surface area contributed by atoms with Gasteiger partial charge in [0.2, 0.25) is 0 Å². The molecule has 0 unspecified atom stereocenters. The van der Waals surface area contributed by atoms with Crippen LogP contribution in [0.3, 0.4) is 0 Å². The van der Waals surface area contributed by atoms with Crippen molar-refractivity contribution in [1.29, 1.82) is 0 Å². The monoisotopic (exact) mass is 385 g/mol. The van der Waals surface area contributed by atoms with Crippen LogP contribution in [-0.2, 0) is 10.2 Å². The second-order valence-corrected chi connectivity index (χ2v) is 8.43. The minimum Gasteiger partial charge on any atom is -0.347 e. The quantitative estimate of drug-likeness (QED) is 0.661. The predicted molar refractivity (Wildman–Crippen MR) is 121 cm³/mol. The van der Waals surface area contributed by atoms with Crippen LogP contribution in [0.2, 0.25) is 0 Å². The molecule has 2 aromatic rings. The highest BCUT2D eigenvalue weighted by Gasteiger charge is 2.38. The van der Waals surface area contributed by atoms with Gasteiger partial charge in [0, 0.05) is 23.8 Å². The van der Waals surface area contributed by atoms with Gasteiger partial charge in [-0.1, -0.05) is 49.7 Å². The Morgan fingerprint density at radius 1 is 0.966 bits per heavy atom. The van der Waals surface area contributed by atoms with Gasteiger partial charge in [0.05, 0.1) is 17.0 Å². The lowest BCUT2D eigenvalue weighted by molar-refractivity contribution is -0.114. The maximum atomic E-state index is 13.1. The average molecular weight is 386 g/mol. The Kier molecular flexibility index (Phi) is 4.45. The first-order valence-electron chi connectivity index (χ1n) is 9.95. The Bertz CT molecular complexity index is 1100. The zero-order valence-corrected chi connectivity index (χ0v) is 17.9. The van der Waals surface area contributed by atoms with Gasteiger partial charge >= 0.3 is 0 Å². The molecule has 2 aliphatic heterocycles. The summed E-state index contributed by atoms with van der Waals surface area (Å²) < 4.78 is 0. The van der Waals surface area contributed by atoms with Gasteiger partial charge in [-0.2, -0.15) is 10.1 Å². The van der Waals surface area contributed by atoms with Crippen molar-refractivity contribution in [2.24, 2.45) is 5.10 Å². The summed E-state index contributed by atoms with van der Waals surface area (Å²) in [5.41, 5.74) is 8.06. The summed E-state index contributed by atoms with van der Waals surface area (Å²) in [7, 11) is 2.09. The standard InChI is InChI=1S/C25H27N3O/c1-16-11-13-22-20(15-16)25(4,5)23(27(22)6)14-12-19-18(3)26-28(24(19)29)21-10-8-7-9-17(21)2/h7-15H,1-6H3. The number of nitrogens with zero attached hydrogens (tertiary/aromatic N) is 3. The zero-order chi connectivity index (χ0) is 20.9. The molecule has 4 heteroatoms. The number of carbonyl (C=O) groups excluding carboxylic acids is 1. The molecule has 0 atom stereocenters. The lowest BCUT2D eigenvalue weighted by atomic mass is 9.83. The lowest BCUT2D eigenvalue weighted by Crippen LogP contribution is -2.23. The molecule has 4 rings (SSSR count). The molecule has 0 N–H and O–H groups in total. The van der Waals surface area contributed by atoms with Crippen molar-refractivity contribution in [3.8, 4) is 0 Å². The molecule has 0 saturated carbocycles. The van der Waals surface area contributed by atoms with Crippen molar-refractivity contribution in [2.75, 3.05) is 17.0 Å². The number of anilines is 2. The third-order valence-electron chi connectivity index (χ3n) is 6.00. The largest absolute Gasteiger partial charge is 0.347 e.